The minimum Gasteiger partial charge on any atom is -0.493 e. The zero-order chi connectivity index (χ0) is 12.8. The SMILES string of the molecule is CC[C@H](Cc1ccc(OC)c(OC)c1)C(=O)O. The summed E-state index contributed by atoms with van der Waals surface area (Å²) in [7, 11) is 3.14. The van der Waals surface area contributed by atoms with Crippen molar-refractivity contribution >= 4 is 5.97 Å². The van der Waals surface area contributed by atoms with Gasteiger partial charge in [-0.25, -0.2) is 0 Å². The Morgan fingerprint density at radius 2 is 1.94 bits per heavy atom. The van der Waals surface area contributed by atoms with E-state index < -0.39 is 5.97 Å². The van der Waals surface area contributed by atoms with Crippen LogP contribution in [0.1, 0.15) is 18.9 Å². The second kappa shape index (κ2) is 6.13. The maximum atomic E-state index is 11.0. The molecule has 1 aromatic carbocycles. The van der Waals surface area contributed by atoms with Gasteiger partial charge < -0.3 is 14.6 Å². The minimum atomic E-state index is -0.762. The summed E-state index contributed by atoms with van der Waals surface area (Å²) in [4.78, 5) is 11.0. The maximum absolute atomic E-state index is 11.0. The largest absolute Gasteiger partial charge is 0.493 e. The zero-order valence-electron chi connectivity index (χ0n) is 10.4. The molecule has 0 radical (unpaired) electrons. The van der Waals surface area contributed by atoms with E-state index in [1.807, 2.05) is 19.1 Å². The number of methoxy groups -OCH3 is 2. The second-order valence-corrected chi connectivity index (χ2v) is 3.84. The molecule has 0 heterocycles. The minimum absolute atomic E-state index is 0.354. The molecule has 0 saturated carbocycles. The van der Waals surface area contributed by atoms with E-state index in [1.54, 1.807) is 20.3 Å². The molecule has 0 aromatic heterocycles. The summed E-state index contributed by atoms with van der Waals surface area (Å²) in [5.74, 6) is 0.167. The molecular weight excluding hydrogens is 220 g/mol. The molecule has 1 rings (SSSR count). The summed E-state index contributed by atoms with van der Waals surface area (Å²) in [5.41, 5.74) is 0.942. The standard InChI is InChI=1S/C13H18O4/c1-4-10(13(14)15)7-9-5-6-11(16-2)12(8-9)17-3/h5-6,8,10H,4,7H2,1-3H3,(H,14,15)/t10-/m1/s1. The number of hydrogen-bond acceptors (Lipinski definition) is 3. The van der Waals surface area contributed by atoms with Crippen molar-refractivity contribution in [2.24, 2.45) is 5.92 Å². The average Bonchev–Trinajstić information content (AvgIpc) is 2.35. The highest BCUT2D eigenvalue weighted by Gasteiger charge is 2.16. The molecule has 0 amide bonds. The zero-order valence-corrected chi connectivity index (χ0v) is 10.4. The number of rotatable bonds is 6. The van der Waals surface area contributed by atoms with Gasteiger partial charge in [0.1, 0.15) is 0 Å². The van der Waals surface area contributed by atoms with Crippen LogP contribution < -0.4 is 9.47 Å². The molecule has 1 N–H and O–H groups in total. The summed E-state index contributed by atoms with van der Waals surface area (Å²) in [5, 5.41) is 9.01. The lowest BCUT2D eigenvalue weighted by molar-refractivity contribution is -0.141. The lowest BCUT2D eigenvalue weighted by Gasteiger charge is -2.12. The van der Waals surface area contributed by atoms with E-state index in [4.69, 9.17) is 14.6 Å². The van der Waals surface area contributed by atoms with E-state index in [0.29, 0.717) is 24.3 Å². The highest BCUT2D eigenvalue weighted by atomic mass is 16.5. The molecule has 0 fully saturated rings. The lowest BCUT2D eigenvalue weighted by Crippen LogP contribution is -2.15. The molecule has 0 unspecified atom stereocenters. The van der Waals surface area contributed by atoms with Gasteiger partial charge in [0.15, 0.2) is 11.5 Å². The van der Waals surface area contributed by atoms with E-state index in [0.717, 1.165) is 5.56 Å². The molecule has 4 heteroatoms. The topological polar surface area (TPSA) is 55.8 Å². The van der Waals surface area contributed by atoms with Crippen LogP contribution in [-0.2, 0) is 11.2 Å². The number of carbonyl (C=O) groups is 1. The Morgan fingerprint density at radius 1 is 1.29 bits per heavy atom. The first-order chi connectivity index (χ1) is 8.12. The van der Waals surface area contributed by atoms with Crippen molar-refractivity contribution in [3.8, 4) is 11.5 Å². The molecular formula is C13H18O4. The van der Waals surface area contributed by atoms with Crippen molar-refractivity contribution in [2.45, 2.75) is 19.8 Å². The lowest BCUT2D eigenvalue weighted by atomic mass is 9.97. The van der Waals surface area contributed by atoms with Gasteiger partial charge in [-0.15, -0.1) is 0 Å². The van der Waals surface area contributed by atoms with Gasteiger partial charge in [-0.1, -0.05) is 13.0 Å². The molecule has 1 atom stereocenters. The van der Waals surface area contributed by atoms with E-state index in [9.17, 15) is 4.79 Å². The molecule has 4 nitrogen and oxygen atoms in total. The van der Waals surface area contributed by atoms with Gasteiger partial charge in [0, 0.05) is 0 Å². The first kappa shape index (κ1) is 13.4. The third kappa shape index (κ3) is 3.37. The molecule has 94 valence electrons. The highest BCUT2D eigenvalue weighted by molar-refractivity contribution is 5.70. The summed E-state index contributed by atoms with van der Waals surface area (Å²) >= 11 is 0. The van der Waals surface area contributed by atoms with Crippen molar-refractivity contribution < 1.29 is 19.4 Å². The van der Waals surface area contributed by atoms with Crippen LogP contribution in [0.25, 0.3) is 0 Å². The summed E-state index contributed by atoms with van der Waals surface area (Å²) < 4.78 is 10.3. The second-order valence-electron chi connectivity index (χ2n) is 3.84. The molecule has 0 spiro atoms. The number of hydrogen-bond donors (Lipinski definition) is 1. The van der Waals surface area contributed by atoms with Crippen LogP contribution in [0.4, 0.5) is 0 Å². The van der Waals surface area contributed by atoms with Crippen molar-refractivity contribution in [3.63, 3.8) is 0 Å². The van der Waals surface area contributed by atoms with Gasteiger partial charge in [-0.2, -0.15) is 0 Å². The normalized spacial score (nSPS) is 11.9. The van der Waals surface area contributed by atoms with Gasteiger partial charge in [0.25, 0.3) is 0 Å². The van der Waals surface area contributed by atoms with E-state index in [-0.39, 0.29) is 5.92 Å². The van der Waals surface area contributed by atoms with Gasteiger partial charge in [0.05, 0.1) is 20.1 Å². The molecule has 0 aliphatic carbocycles. The van der Waals surface area contributed by atoms with Gasteiger partial charge in [-0.3, -0.25) is 4.79 Å². The van der Waals surface area contributed by atoms with Crippen LogP contribution in [0.15, 0.2) is 18.2 Å². The predicted molar refractivity (Wildman–Crippen MR) is 64.7 cm³/mol. The number of aliphatic carboxylic acids is 1. The summed E-state index contributed by atoms with van der Waals surface area (Å²) in [6.07, 6.45) is 1.12. The summed E-state index contributed by atoms with van der Waals surface area (Å²) in [6, 6.07) is 5.49. The number of carboxylic acids is 1. The Labute approximate surface area is 101 Å². The van der Waals surface area contributed by atoms with Crippen molar-refractivity contribution in [1.82, 2.24) is 0 Å². The van der Waals surface area contributed by atoms with Crippen LogP contribution in [0.2, 0.25) is 0 Å². The Hall–Kier alpha value is -1.71. The van der Waals surface area contributed by atoms with Crippen molar-refractivity contribution in [1.29, 1.82) is 0 Å². The third-order valence-corrected chi connectivity index (χ3v) is 2.77. The molecule has 0 aliphatic rings. The fourth-order valence-corrected chi connectivity index (χ4v) is 1.70. The van der Waals surface area contributed by atoms with Crippen LogP contribution in [0.3, 0.4) is 0 Å². The van der Waals surface area contributed by atoms with Gasteiger partial charge >= 0.3 is 5.97 Å². The van der Waals surface area contributed by atoms with Crippen LogP contribution in [-0.4, -0.2) is 25.3 Å². The number of benzene rings is 1. The van der Waals surface area contributed by atoms with Crippen LogP contribution in [0.5, 0.6) is 11.5 Å². The number of ether oxygens (including phenoxy) is 2. The quantitative estimate of drug-likeness (QED) is 0.826. The molecule has 0 saturated heterocycles. The smallest absolute Gasteiger partial charge is 0.306 e. The van der Waals surface area contributed by atoms with Crippen molar-refractivity contribution in [3.05, 3.63) is 23.8 Å². The fourth-order valence-electron chi connectivity index (χ4n) is 1.70. The molecule has 0 aliphatic heterocycles. The van der Waals surface area contributed by atoms with Crippen LogP contribution in [0, 0.1) is 5.92 Å². The Morgan fingerprint density at radius 3 is 2.41 bits per heavy atom. The molecule has 0 bridgehead atoms. The Balaban J connectivity index is 2.88. The van der Waals surface area contributed by atoms with E-state index in [2.05, 4.69) is 0 Å². The van der Waals surface area contributed by atoms with Gasteiger partial charge in [-0.05, 0) is 30.5 Å². The first-order valence-electron chi connectivity index (χ1n) is 5.56. The van der Waals surface area contributed by atoms with Gasteiger partial charge in [0.2, 0.25) is 0 Å². The predicted octanol–water partition coefficient (Wildman–Crippen LogP) is 2.36. The molecule has 1 aromatic rings. The Bertz CT molecular complexity index is 387. The van der Waals surface area contributed by atoms with E-state index >= 15 is 0 Å². The monoisotopic (exact) mass is 238 g/mol. The molecule has 17 heavy (non-hydrogen) atoms. The Kier molecular flexibility index (Phi) is 4.82. The van der Waals surface area contributed by atoms with E-state index in [1.165, 1.54) is 0 Å². The highest BCUT2D eigenvalue weighted by Crippen LogP contribution is 2.28. The number of carboxylic acid groups (broad SMARTS) is 1. The van der Waals surface area contributed by atoms with Crippen molar-refractivity contribution in [2.75, 3.05) is 14.2 Å². The van der Waals surface area contributed by atoms with Crippen LogP contribution >= 0.6 is 0 Å². The average molecular weight is 238 g/mol. The fraction of sp³-hybridized carbons (Fsp3) is 0.462. The third-order valence-electron chi connectivity index (χ3n) is 2.77. The summed E-state index contributed by atoms with van der Waals surface area (Å²) in [6.45, 7) is 1.87. The first-order valence-corrected chi connectivity index (χ1v) is 5.56. The maximum Gasteiger partial charge on any atom is 0.306 e.